The van der Waals surface area contributed by atoms with E-state index in [-0.39, 0.29) is 11.5 Å². The number of halogens is 1. The molecule has 0 fully saturated rings. The second-order valence-electron chi connectivity index (χ2n) is 9.81. The van der Waals surface area contributed by atoms with Crippen LogP contribution < -0.4 is 5.56 Å². The molecule has 5 nitrogen and oxygen atoms in total. The summed E-state index contributed by atoms with van der Waals surface area (Å²) in [6.07, 6.45) is 2.03. The van der Waals surface area contributed by atoms with Crippen LogP contribution in [0.4, 0.5) is 4.39 Å². The van der Waals surface area contributed by atoms with E-state index in [0.29, 0.717) is 47.4 Å². The number of rotatable bonds is 9. The van der Waals surface area contributed by atoms with E-state index < -0.39 is 11.9 Å². The number of carbonyl (C=O) groups excluding carboxylic acids is 1. The molecule has 1 unspecified atom stereocenters. The molecule has 0 aliphatic heterocycles. The summed E-state index contributed by atoms with van der Waals surface area (Å²) in [5.41, 5.74) is 3.74. The minimum absolute atomic E-state index is 0.180. The van der Waals surface area contributed by atoms with Crippen molar-refractivity contribution < 1.29 is 9.18 Å². The summed E-state index contributed by atoms with van der Waals surface area (Å²) in [4.78, 5) is 34.8. The van der Waals surface area contributed by atoms with Crippen LogP contribution in [0.2, 0.25) is 0 Å². The van der Waals surface area contributed by atoms with Crippen molar-refractivity contribution in [2.45, 2.75) is 39.2 Å². The van der Waals surface area contributed by atoms with Crippen molar-refractivity contribution in [2.24, 2.45) is 0 Å². The van der Waals surface area contributed by atoms with Gasteiger partial charge in [0.2, 0.25) is 0 Å². The van der Waals surface area contributed by atoms with Crippen molar-refractivity contribution in [1.29, 1.82) is 0 Å². The maximum atomic E-state index is 14.0. The van der Waals surface area contributed by atoms with Gasteiger partial charge in [0.1, 0.15) is 11.6 Å². The molecule has 1 atom stereocenters. The molecule has 202 valence electrons. The molecule has 0 bridgehead atoms. The molecule has 4 aromatic carbocycles. The lowest BCUT2D eigenvalue weighted by Crippen LogP contribution is -2.39. The topological polar surface area (TPSA) is 55.2 Å². The molecule has 0 spiro atoms. The van der Waals surface area contributed by atoms with E-state index in [2.05, 4.69) is 6.92 Å². The summed E-state index contributed by atoms with van der Waals surface area (Å²) in [5, 5.41) is 0.515. The van der Waals surface area contributed by atoms with Crippen LogP contribution in [-0.4, -0.2) is 26.9 Å². The van der Waals surface area contributed by atoms with E-state index >= 15 is 0 Å². The molecule has 0 aliphatic carbocycles. The van der Waals surface area contributed by atoms with E-state index in [0.717, 1.165) is 17.5 Å². The Morgan fingerprint density at radius 3 is 2.20 bits per heavy atom. The van der Waals surface area contributed by atoms with Crippen LogP contribution in [0.25, 0.3) is 16.6 Å². The monoisotopic (exact) mass is 533 g/mol. The second-order valence-corrected chi connectivity index (χ2v) is 9.81. The van der Waals surface area contributed by atoms with Gasteiger partial charge in [-0.25, -0.2) is 9.37 Å². The normalized spacial score (nSPS) is 11.9. The number of carbonyl (C=O) groups is 1. The second kappa shape index (κ2) is 12.1. The van der Waals surface area contributed by atoms with Gasteiger partial charge < -0.3 is 4.90 Å². The first kappa shape index (κ1) is 27.0. The number of fused-ring (bicyclic) bond motifs is 1. The van der Waals surface area contributed by atoms with Crippen LogP contribution in [-0.2, 0) is 12.8 Å². The van der Waals surface area contributed by atoms with E-state index in [4.69, 9.17) is 4.98 Å². The minimum Gasteiger partial charge on any atom is -0.328 e. The molecule has 1 heterocycles. The molecule has 1 aromatic heterocycles. The summed E-state index contributed by atoms with van der Waals surface area (Å²) in [6.45, 7) is 4.48. The van der Waals surface area contributed by atoms with Crippen LogP contribution in [0.3, 0.4) is 0 Å². The molecule has 0 saturated carbocycles. The molecule has 1 amide bonds. The lowest BCUT2D eigenvalue weighted by atomic mass is 10.1. The molecule has 40 heavy (non-hydrogen) atoms. The van der Waals surface area contributed by atoms with Gasteiger partial charge in [-0.15, -0.1) is 0 Å². The Bertz CT molecular complexity index is 1660. The zero-order valence-corrected chi connectivity index (χ0v) is 22.8. The van der Waals surface area contributed by atoms with E-state index in [9.17, 15) is 14.0 Å². The highest BCUT2D eigenvalue weighted by Crippen LogP contribution is 2.28. The highest BCUT2D eigenvalue weighted by atomic mass is 19.1. The van der Waals surface area contributed by atoms with Crippen molar-refractivity contribution in [2.75, 3.05) is 6.54 Å². The Kier molecular flexibility index (Phi) is 8.15. The molecule has 6 heteroatoms. The average Bonchev–Trinajstić information content (AvgIpc) is 3.00. The molecule has 0 aliphatic rings. The van der Waals surface area contributed by atoms with Crippen LogP contribution in [0, 0.1) is 5.82 Å². The van der Waals surface area contributed by atoms with Crippen molar-refractivity contribution in [3.63, 3.8) is 0 Å². The van der Waals surface area contributed by atoms with E-state index in [1.54, 1.807) is 15.5 Å². The van der Waals surface area contributed by atoms with Crippen LogP contribution in [0.5, 0.6) is 0 Å². The quantitative estimate of drug-likeness (QED) is 0.207. The van der Waals surface area contributed by atoms with Crippen LogP contribution >= 0.6 is 0 Å². The molecule has 5 rings (SSSR count). The van der Waals surface area contributed by atoms with Crippen LogP contribution in [0.1, 0.15) is 53.6 Å². The summed E-state index contributed by atoms with van der Waals surface area (Å²) < 4.78 is 15.4. The maximum absolute atomic E-state index is 14.0. The maximum Gasteiger partial charge on any atom is 0.266 e. The summed E-state index contributed by atoms with van der Waals surface area (Å²) in [5.74, 6) is -0.142. The third kappa shape index (κ3) is 5.57. The van der Waals surface area contributed by atoms with Crippen molar-refractivity contribution in [3.05, 3.63) is 142 Å². The molecule has 0 radical (unpaired) electrons. The van der Waals surface area contributed by atoms with E-state index in [1.807, 2.05) is 79.7 Å². The first-order chi connectivity index (χ1) is 19.5. The Labute approximate surface area is 233 Å². The van der Waals surface area contributed by atoms with Crippen molar-refractivity contribution in [3.8, 4) is 5.69 Å². The van der Waals surface area contributed by atoms with Crippen molar-refractivity contribution in [1.82, 2.24) is 14.5 Å². The van der Waals surface area contributed by atoms with Gasteiger partial charge in [0.05, 0.1) is 22.6 Å². The smallest absolute Gasteiger partial charge is 0.266 e. The van der Waals surface area contributed by atoms with Gasteiger partial charge >= 0.3 is 0 Å². The van der Waals surface area contributed by atoms with Gasteiger partial charge in [-0.3, -0.25) is 14.2 Å². The third-order valence-electron chi connectivity index (χ3n) is 7.30. The van der Waals surface area contributed by atoms with Gasteiger partial charge in [-0.05, 0) is 78.9 Å². The third-order valence-corrected chi connectivity index (χ3v) is 7.30. The number of aryl methyl sites for hydroxylation is 1. The van der Waals surface area contributed by atoms with Gasteiger partial charge in [0.15, 0.2) is 0 Å². The molecule has 0 N–H and O–H groups in total. The van der Waals surface area contributed by atoms with Gasteiger partial charge in [0, 0.05) is 12.1 Å². The standard InChI is InChI=1S/C34H32FN3O2/c1-3-24-14-20-28(21-15-24)38-32(36-30-13-9-8-12-29(30)34(38)40)31(4-2)37(23-22-25-10-6-5-7-11-25)33(39)26-16-18-27(35)19-17-26/h5-21,31H,3-4,22-23H2,1-2H3. The summed E-state index contributed by atoms with van der Waals surface area (Å²) >= 11 is 0. The minimum atomic E-state index is -0.510. The first-order valence-electron chi connectivity index (χ1n) is 13.7. The summed E-state index contributed by atoms with van der Waals surface area (Å²) in [6, 6.07) is 30.2. The fourth-order valence-corrected chi connectivity index (χ4v) is 5.10. The fraction of sp³-hybridized carbons (Fsp3) is 0.206. The molecule has 5 aromatic rings. The highest BCUT2D eigenvalue weighted by molar-refractivity contribution is 5.94. The number of amides is 1. The van der Waals surface area contributed by atoms with Crippen molar-refractivity contribution >= 4 is 16.8 Å². The molecular formula is C34H32FN3O2. The van der Waals surface area contributed by atoms with Gasteiger partial charge in [-0.2, -0.15) is 0 Å². The summed E-state index contributed by atoms with van der Waals surface area (Å²) in [7, 11) is 0. The SMILES string of the molecule is CCc1ccc(-n2c(C(CC)N(CCc3ccccc3)C(=O)c3ccc(F)cc3)nc3ccccc3c2=O)cc1. The predicted molar refractivity (Wildman–Crippen MR) is 157 cm³/mol. The van der Waals surface area contributed by atoms with Crippen LogP contribution in [0.15, 0.2) is 108 Å². The highest BCUT2D eigenvalue weighted by Gasteiger charge is 2.29. The van der Waals surface area contributed by atoms with Gasteiger partial charge in [-0.1, -0.05) is 68.4 Å². The Morgan fingerprint density at radius 2 is 1.52 bits per heavy atom. The number of nitrogens with zero attached hydrogens (tertiary/aromatic N) is 3. The van der Waals surface area contributed by atoms with Gasteiger partial charge in [0.25, 0.3) is 11.5 Å². The zero-order chi connectivity index (χ0) is 28.1. The predicted octanol–water partition coefficient (Wildman–Crippen LogP) is 6.92. The Balaban J connectivity index is 1.67. The Hall–Kier alpha value is -4.58. The van der Waals surface area contributed by atoms with E-state index in [1.165, 1.54) is 24.3 Å². The number of aromatic nitrogens is 2. The molecule has 0 saturated heterocycles. The number of hydrogen-bond donors (Lipinski definition) is 0. The lowest BCUT2D eigenvalue weighted by molar-refractivity contribution is 0.0661. The molecular weight excluding hydrogens is 501 g/mol. The number of para-hydroxylation sites is 1. The fourth-order valence-electron chi connectivity index (χ4n) is 5.10. The lowest BCUT2D eigenvalue weighted by Gasteiger charge is -2.32. The first-order valence-corrected chi connectivity index (χ1v) is 13.7. The largest absolute Gasteiger partial charge is 0.328 e. The average molecular weight is 534 g/mol. The zero-order valence-electron chi connectivity index (χ0n) is 22.8. The number of hydrogen-bond acceptors (Lipinski definition) is 3. The number of benzene rings is 4. The Morgan fingerprint density at radius 1 is 0.850 bits per heavy atom.